The van der Waals surface area contributed by atoms with Gasteiger partial charge in [0.2, 0.25) is 0 Å². The van der Waals surface area contributed by atoms with Crippen molar-refractivity contribution in [3.8, 4) is 0 Å². The lowest BCUT2D eigenvalue weighted by Crippen LogP contribution is -2.51. The van der Waals surface area contributed by atoms with Crippen molar-refractivity contribution in [1.29, 1.82) is 0 Å². The standard InChI is InChI=1S/C11H18Cl2N4O/c1-10(2,11(3,4)18)16-8-6(12)5-7(13)9(15-8)17-14/h5,18H,14H2,1-4H3,(H2,15,16,17). The number of nitrogens with two attached hydrogens (primary N) is 1. The lowest BCUT2D eigenvalue weighted by atomic mass is 9.86. The van der Waals surface area contributed by atoms with Crippen LogP contribution in [0.15, 0.2) is 6.07 Å². The number of aliphatic hydroxyl groups is 1. The minimum absolute atomic E-state index is 0.315. The first-order valence-corrected chi connectivity index (χ1v) is 6.17. The fourth-order valence-corrected chi connectivity index (χ4v) is 1.56. The lowest BCUT2D eigenvalue weighted by Gasteiger charge is -2.38. The van der Waals surface area contributed by atoms with Crippen molar-refractivity contribution in [3.05, 3.63) is 16.1 Å². The summed E-state index contributed by atoms with van der Waals surface area (Å²) in [5, 5.41) is 13.8. The van der Waals surface area contributed by atoms with Gasteiger partial charge in [-0.2, -0.15) is 0 Å². The Morgan fingerprint density at radius 3 is 2.11 bits per heavy atom. The molecule has 5 N–H and O–H groups in total. The molecule has 0 aliphatic rings. The van der Waals surface area contributed by atoms with Crippen molar-refractivity contribution >= 4 is 34.8 Å². The van der Waals surface area contributed by atoms with E-state index in [1.165, 1.54) is 6.07 Å². The monoisotopic (exact) mass is 292 g/mol. The fraction of sp³-hybridized carbons (Fsp3) is 0.545. The number of rotatable bonds is 4. The first-order valence-electron chi connectivity index (χ1n) is 5.41. The number of nitrogens with one attached hydrogen (secondary N) is 2. The summed E-state index contributed by atoms with van der Waals surface area (Å²) in [5.74, 6) is 6.02. The van der Waals surface area contributed by atoms with E-state index in [4.69, 9.17) is 29.0 Å². The number of halogens is 2. The van der Waals surface area contributed by atoms with Crippen LogP contribution in [0.25, 0.3) is 0 Å². The Morgan fingerprint density at radius 1 is 1.17 bits per heavy atom. The van der Waals surface area contributed by atoms with Crippen LogP contribution in [0, 0.1) is 0 Å². The van der Waals surface area contributed by atoms with Crippen molar-refractivity contribution in [3.63, 3.8) is 0 Å². The molecule has 0 spiro atoms. The van der Waals surface area contributed by atoms with Gasteiger partial charge in [0.1, 0.15) is 5.82 Å². The third kappa shape index (κ3) is 3.17. The summed E-state index contributed by atoms with van der Waals surface area (Å²) in [5.41, 5.74) is 0.783. The zero-order chi connectivity index (χ0) is 14.1. The maximum Gasteiger partial charge on any atom is 0.161 e. The Hall–Kier alpha value is -0.750. The molecule has 0 saturated carbocycles. The Morgan fingerprint density at radius 2 is 1.67 bits per heavy atom. The van der Waals surface area contributed by atoms with E-state index >= 15 is 0 Å². The summed E-state index contributed by atoms with van der Waals surface area (Å²) < 4.78 is 0. The maximum absolute atomic E-state index is 10.1. The molecule has 0 saturated heterocycles. The zero-order valence-corrected chi connectivity index (χ0v) is 12.3. The predicted molar refractivity (Wildman–Crippen MR) is 76.1 cm³/mol. The largest absolute Gasteiger partial charge is 0.388 e. The Bertz CT molecular complexity index is 443. The highest BCUT2D eigenvalue weighted by Gasteiger charge is 2.35. The van der Waals surface area contributed by atoms with Gasteiger partial charge >= 0.3 is 0 Å². The molecule has 1 aromatic heterocycles. The second kappa shape index (κ2) is 5.09. The summed E-state index contributed by atoms with van der Waals surface area (Å²) in [6.45, 7) is 7.09. The summed E-state index contributed by atoms with van der Waals surface area (Å²) in [4.78, 5) is 4.17. The molecule has 7 heteroatoms. The molecule has 1 aromatic rings. The van der Waals surface area contributed by atoms with Crippen molar-refractivity contribution < 1.29 is 5.11 Å². The molecule has 1 rings (SSSR count). The highest BCUT2D eigenvalue weighted by Crippen LogP contribution is 2.32. The normalized spacial score (nSPS) is 12.4. The van der Waals surface area contributed by atoms with Gasteiger partial charge in [0.15, 0.2) is 5.82 Å². The van der Waals surface area contributed by atoms with Gasteiger partial charge in [-0.05, 0) is 33.8 Å². The van der Waals surface area contributed by atoms with E-state index in [1.54, 1.807) is 13.8 Å². The molecule has 0 atom stereocenters. The minimum atomic E-state index is -0.964. The minimum Gasteiger partial charge on any atom is -0.388 e. The SMILES string of the molecule is CC(C)(O)C(C)(C)Nc1nc(NN)c(Cl)cc1Cl. The molecule has 0 amide bonds. The van der Waals surface area contributed by atoms with Crippen LogP contribution in [0.5, 0.6) is 0 Å². The van der Waals surface area contributed by atoms with Crippen LogP contribution >= 0.6 is 23.2 Å². The molecule has 0 aliphatic heterocycles. The summed E-state index contributed by atoms with van der Waals surface area (Å²) in [6.07, 6.45) is 0. The van der Waals surface area contributed by atoms with Gasteiger partial charge in [0, 0.05) is 0 Å². The van der Waals surface area contributed by atoms with E-state index in [2.05, 4.69) is 15.7 Å². The molecule has 5 nitrogen and oxygen atoms in total. The number of aromatic nitrogens is 1. The Kier molecular flexibility index (Phi) is 4.33. The van der Waals surface area contributed by atoms with Crippen molar-refractivity contribution in [2.24, 2.45) is 5.84 Å². The third-order valence-electron chi connectivity index (χ3n) is 3.03. The summed E-state index contributed by atoms with van der Waals surface area (Å²) >= 11 is 12.0. The molecular formula is C11H18Cl2N4O. The molecular weight excluding hydrogens is 275 g/mol. The van der Waals surface area contributed by atoms with Crippen molar-refractivity contribution in [2.45, 2.75) is 38.8 Å². The highest BCUT2D eigenvalue weighted by molar-refractivity contribution is 6.37. The molecule has 102 valence electrons. The average molecular weight is 293 g/mol. The van der Waals surface area contributed by atoms with Crippen LogP contribution < -0.4 is 16.6 Å². The van der Waals surface area contributed by atoms with Gasteiger partial charge in [-0.15, -0.1) is 0 Å². The fourth-order valence-electron chi connectivity index (χ4n) is 1.10. The van der Waals surface area contributed by atoms with E-state index in [1.807, 2.05) is 13.8 Å². The quantitative estimate of drug-likeness (QED) is 0.507. The van der Waals surface area contributed by atoms with Crippen LogP contribution in [0.1, 0.15) is 27.7 Å². The summed E-state index contributed by atoms with van der Waals surface area (Å²) in [6, 6.07) is 1.54. The van der Waals surface area contributed by atoms with E-state index in [9.17, 15) is 5.11 Å². The van der Waals surface area contributed by atoms with Gasteiger partial charge in [-0.1, -0.05) is 23.2 Å². The van der Waals surface area contributed by atoms with E-state index in [-0.39, 0.29) is 0 Å². The van der Waals surface area contributed by atoms with Crippen LogP contribution in [0.2, 0.25) is 10.0 Å². The number of nitrogens with zero attached hydrogens (tertiary/aromatic N) is 1. The van der Waals surface area contributed by atoms with Crippen LogP contribution in [-0.4, -0.2) is 21.2 Å². The van der Waals surface area contributed by atoms with Crippen LogP contribution in [0.3, 0.4) is 0 Å². The van der Waals surface area contributed by atoms with Gasteiger partial charge in [-0.3, -0.25) is 0 Å². The smallest absolute Gasteiger partial charge is 0.161 e. The molecule has 0 aliphatic carbocycles. The number of nitrogen functional groups attached to an aromatic ring is 1. The van der Waals surface area contributed by atoms with E-state index < -0.39 is 11.1 Å². The molecule has 0 unspecified atom stereocenters. The first-order chi connectivity index (χ1) is 8.08. The van der Waals surface area contributed by atoms with E-state index in [0.717, 1.165) is 0 Å². The molecule has 0 fully saturated rings. The molecule has 18 heavy (non-hydrogen) atoms. The number of anilines is 2. The second-order valence-electron chi connectivity index (χ2n) is 5.10. The highest BCUT2D eigenvalue weighted by atomic mass is 35.5. The lowest BCUT2D eigenvalue weighted by molar-refractivity contribution is 0.0239. The van der Waals surface area contributed by atoms with Gasteiger partial charge in [0.25, 0.3) is 0 Å². The number of hydrogen-bond acceptors (Lipinski definition) is 5. The van der Waals surface area contributed by atoms with Crippen molar-refractivity contribution in [2.75, 3.05) is 10.7 Å². The molecule has 0 aromatic carbocycles. The topological polar surface area (TPSA) is 83.2 Å². The van der Waals surface area contributed by atoms with Crippen LogP contribution in [0.4, 0.5) is 11.6 Å². The van der Waals surface area contributed by atoms with E-state index in [0.29, 0.717) is 21.7 Å². The van der Waals surface area contributed by atoms with Gasteiger partial charge in [-0.25, -0.2) is 10.8 Å². The third-order valence-corrected chi connectivity index (χ3v) is 3.60. The number of pyridine rings is 1. The Labute approximate surface area is 117 Å². The maximum atomic E-state index is 10.1. The second-order valence-corrected chi connectivity index (χ2v) is 5.92. The molecule has 0 bridgehead atoms. The van der Waals surface area contributed by atoms with Crippen LogP contribution in [-0.2, 0) is 0 Å². The average Bonchev–Trinajstić information content (AvgIpc) is 2.20. The number of hydrogen-bond donors (Lipinski definition) is 4. The molecule has 1 heterocycles. The molecule has 0 radical (unpaired) electrons. The zero-order valence-electron chi connectivity index (χ0n) is 10.8. The summed E-state index contributed by atoms with van der Waals surface area (Å²) in [7, 11) is 0. The van der Waals surface area contributed by atoms with Gasteiger partial charge in [0.05, 0.1) is 21.2 Å². The predicted octanol–water partition coefficient (Wildman–Crippen LogP) is 2.64. The van der Waals surface area contributed by atoms with Gasteiger partial charge < -0.3 is 15.8 Å². The Balaban J connectivity index is 3.12. The first kappa shape index (κ1) is 15.3. The van der Waals surface area contributed by atoms with Crippen molar-refractivity contribution in [1.82, 2.24) is 4.98 Å². The number of hydrazine groups is 1.